The quantitative estimate of drug-likeness (QED) is 0.367. The van der Waals surface area contributed by atoms with E-state index in [2.05, 4.69) is 10.6 Å². The number of rotatable bonds is 8. The van der Waals surface area contributed by atoms with Gasteiger partial charge < -0.3 is 20.8 Å². The number of carboxylic acid groups (broad SMARTS) is 2. The number of aliphatic carboxylic acids is 2. The third-order valence-corrected chi connectivity index (χ3v) is 2.52. The summed E-state index contributed by atoms with van der Waals surface area (Å²) >= 11 is 0. The van der Waals surface area contributed by atoms with E-state index in [9.17, 15) is 14.4 Å². The molecule has 0 rings (SSSR count). The lowest BCUT2D eigenvalue weighted by Gasteiger charge is -2.15. The van der Waals surface area contributed by atoms with Gasteiger partial charge in [-0.1, -0.05) is 13.8 Å². The van der Waals surface area contributed by atoms with E-state index in [0.29, 0.717) is 6.42 Å². The fraction of sp³-hybridized carbons (Fsp3) is 0.538. The molecule has 0 aliphatic rings. The highest BCUT2D eigenvalue weighted by molar-refractivity contribution is 5.99. The molecule has 21 heavy (non-hydrogen) atoms. The molecular formula is C13H19N3O5. The van der Waals surface area contributed by atoms with Crippen molar-refractivity contribution >= 4 is 17.8 Å². The van der Waals surface area contributed by atoms with E-state index >= 15 is 0 Å². The van der Waals surface area contributed by atoms with Crippen LogP contribution in [0.25, 0.3) is 0 Å². The van der Waals surface area contributed by atoms with E-state index in [-0.39, 0.29) is 5.92 Å². The molecule has 0 radical (unpaired) electrons. The van der Waals surface area contributed by atoms with Gasteiger partial charge >= 0.3 is 11.9 Å². The molecule has 1 amide bonds. The van der Waals surface area contributed by atoms with Gasteiger partial charge in [0, 0.05) is 6.20 Å². The molecule has 0 spiro atoms. The smallest absolute Gasteiger partial charge is 0.326 e. The molecule has 0 aliphatic carbocycles. The Morgan fingerprint density at radius 1 is 1.19 bits per heavy atom. The Balaban J connectivity index is 4.85. The molecule has 0 aromatic rings. The maximum Gasteiger partial charge on any atom is 0.326 e. The van der Waals surface area contributed by atoms with Crippen molar-refractivity contribution in [2.75, 3.05) is 0 Å². The number of nitrogens with zero attached hydrogens (tertiary/aromatic N) is 1. The van der Waals surface area contributed by atoms with Crippen LogP contribution in [0.4, 0.5) is 0 Å². The molecule has 8 heteroatoms. The Labute approximate surface area is 122 Å². The fourth-order valence-electron chi connectivity index (χ4n) is 1.38. The monoisotopic (exact) mass is 297 g/mol. The molecule has 116 valence electrons. The molecule has 0 saturated heterocycles. The van der Waals surface area contributed by atoms with Crippen molar-refractivity contribution in [3.8, 4) is 6.07 Å². The van der Waals surface area contributed by atoms with E-state index in [1.54, 1.807) is 6.07 Å². The lowest BCUT2D eigenvalue weighted by Crippen LogP contribution is -2.40. The van der Waals surface area contributed by atoms with Crippen molar-refractivity contribution in [3.63, 3.8) is 0 Å². The number of hydrogen-bond acceptors (Lipinski definition) is 5. The van der Waals surface area contributed by atoms with Crippen LogP contribution in [0, 0.1) is 17.2 Å². The topological polar surface area (TPSA) is 140 Å². The van der Waals surface area contributed by atoms with Crippen LogP contribution in [-0.4, -0.2) is 40.1 Å². The average molecular weight is 297 g/mol. The highest BCUT2D eigenvalue weighted by Gasteiger charge is 2.20. The number of nitriles is 1. The van der Waals surface area contributed by atoms with Crippen LogP contribution in [0.15, 0.2) is 11.8 Å². The Morgan fingerprint density at radius 2 is 1.76 bits per heavy atom. The lowest BCUT2D eigenvalue weighted by molar-refractivity contribution is -0.140. The molecule has 0 fully saturated rings. The highest BCUT2D eigenvalue weighted by atomic mass is 16.4. The minimum atomic E-state index is -1.24. The first-order chi connectivity index (χ1) is 9.68. The van der Waals surface area contributed by atoms with Crippen molar-refractivity contribution in [3.05, 3.63) is 11.8 Å². The SMILES string of the molecule is CC(C)CC(N/C=C(/C#N)C(=O)NC(C)C(=O)O)C(=O)O. The Hall–Kier alpha value is -2.56. The van der Waals surface area contributed by atoms with Crippen LogP contribution in [0.2, 0.25) is 0 Å². The third kappa shape index (κ3) is 6.96. The van der Waals surface area contributed by atoms with Crippen LogP contribution >= 0.6 is 0 Å². The normalized spacial score (nSPS) is 14.0. The van der Waals surface area contributed by atoms with Crippen LogP contribution < -0.4 is 10.6 Å². The second-order valence-corrected chi connectivity index (χ2v) is 4.89. The van der Waals surface area contributed by atoms with Gasteiger partial charge in [0.05, 0.1) is 0 Å². The molecule has 0 aromatic carbocycles. The largest absolute Gasteiger partial charge is 0.480 e. The molecule has 2 unspecified atom stereocenters. The van der Waals surface area contributed by atoms with Gasteiger partial charge in [0.25, 0.3) is 5.91 Å². The van der Waals surface area contributed by atoms with E-state index < -0.39 is 35.5 Å². The molecule has 8 nitrogen and oxygen atoms in total. The van der Waals surface area contributed by atoms with Gasteiger partial charge in [0.15, 0.2) is 0 Å². The van der Waals surface area contributed by atoms with Crippen LogP contribution in [0.3, 0.4) is 0 Å². The molecule has 0 aromatic heterocycles. The number of carboxylic acids is 2. The second kappa shape index (κ2) is 8.58. The van der Waals surface area contributed by atoms with Crippen molar-refractivity contribution in [1.29, 1.82) is 5.26 Å². The van der Waals surface area contributed by atoms with Gasteiger partial charge in [0.1, 0.15) is 23.7 Å². The van der Waals surface area contributed by atoms with Gasteiger partial charge in [-0.25, -0.2) is 4.79 Å². The summed E-state index contributed by atoms with van der Waals surface area (Å²) in [5.74, 6) is -3.11. The third-order valence-electron chi connectivity index (χ3n) is 2.52. The fourth-order valence-corrected chi connectivity index (χ4v) is 1.38. The van der Waals surface area contributed by atoms with Crippen molar-refractivity contribution in [2.24, 2.45) is 5.92 Å². The molecular weight excluding hydrogens is 278 g/mol. The zero-order valence-electron chi connectivity index (χ0n) is 12.1. The maximum atomic E-state index is 11.6. The molecule has 0 saturated carbocycles. The lowest BCUT2D eigenvalue weighted by atomic mass is 10.0. The summed E-state index contributed by atoms with van der Waals surface area (Å²) in [7, 11) is 0. The number of hydrogen-bond donors (Lipinski definition) is 4. The number of amides is 1. The van der Waals surface area contributed by atoms with Gasteiger partial charge in [-0.2, -0.15) is 5.26 Å². The van der Waals surface area contributed by atoms with E-state index in [0.717, 1.165) is 6.20 Å². The standard InChI is InChI=1S/C13H19N3O5/c1-7(2)4-10(13(20)21)15-6-9(5-14)11(17)16-8(3)12(18)19/h6-8,10,15H,4H2,1-3H3,(H,16,17)(H,18,19)(H,20,21)/b9-6-. The van der Waals surface area contributed by atoms with Crippen molar-refractivity contribution in [1.82, 2.24) is 10.6 Å². The number of carbonyl (C=O) groups is 3. The summed E-state index contributed by atoms with van der Waals surface area (Å²) in [5, 5.41) is 31.1. The summed E-state index contributed by atoms with van der Waals surface area (Å²) < 4.78 is 0. The van der Waals surface area contributed by atoms with Crippen LogP contribution in [0.5, 0.6) is 0 Å². The first-order valence-corrected chi connectivity index (χ1v) is 6.31. The van der Waals surface area contributed by atoms with Crippen molar-refractivity contribution < 1.29 is 24.6 Å². The molecule has 0 aliphatic heterocycles. The minimum absolute atomic E-state index is 0.110. The average Bonchev–Trinajstić information content (AvgIpc) is 2.36. The minimum Gasteiger partial charge on any atom is -0.480 e. The van der Waals surface area contributed by atoms with E-state index in [1.807, 2.05) is 13.8 Å². The maximum absolute atomic E-state index is 11.6. The van der Waals surface area contributed by atoms with Crippen LogP contribution in [-0.2, 0) is 14.4 Å². The van der Waals surface area contributed by atoms with E-state index in [4.69, 9.17) is 15.5 Å². The predicted octanol–water partition coefficient (Wildman–Crippen LogP) is 0.0721. The van der Waals surface area contributed by atoms with Gasteiger partial charge in [-0.05, 0) is 19.3 Å². The molecule has 0 bridgehead atoms. The highest BCUT2D eigenvalue weighted by Crippen LogP contribution is 2.05. The van der Waals surface area contributed by atoms with Gasteiger partial charge in [-0.15, -0.1) is 0 Å². The van der Waals surface area contributed by atoms with Crippen molar-refractivity contribution in [2.45, 2.75) is 39.3 Å². The zero-order chi connectivity index (χ0) is 16.6. The summed E-state index contributed by atoms with van der Waals surface area (Å²) in [6, 6.07) is -0.491. The van der Waals surface area contributed by atoms with Gasteiger partial charge in [0.2, 0.25) is 0 Å². The zero-order valence-corrected chi connectivity index (χ0v) is 12.1. The Kier molecular flexibility index (Phi) is 7.53. The predicted molar refractivity (Wildman–Crippen MR) is 73.0 cm³/mol. The van der Waals surface area contributed by atoms with E-state index in [1.165, 1.54) is 6.92 Å². The summed E-state index contributed by atoms with van der Waals surface area (Å²) in [6.07, 6.45) is 1.31. The van der Waals surface area contributed by atoms with Crippen LogP contribution in [0.1, 0.15) is 27.2 Å². The Morgan fingerprint density at radius 3 is 2.14 bits per heavy atom. The Bertz CT molecular complexity index is 479. The summed E-state index contributed by atoms with van der Waals surface area (Å²) in [4.78, 5) is 33.3. The number of carbonyl (C=O) groups excluding carboxylic acids is 1. The molecule has 4 N–H and O–H groups in total. The molecule has 0 heterocycles. The molecule has 2 atom stereocenters. The first kappa shape index (κ1) is 18.4. The first-order valence-electron chi connectivity index (χ1n) is 6.31. The van der Waals surface area contributed by atoms with Gasteiger partial charge in [-0.3, -0.25) is 9.59 Å². The second-order valence-electron chi connectivity index (χ2n) is 4.89. The summed E-state index contributed by atoms with van der Waals surface area (Å²) in [6.45, 7) is 4.93. The number of nitrogens with one attached hydrogen (secondary N) is 2. The summed E-state index contributed by atoms with van der Waals surface area (Å²) in [5.41, 5.74) is -0.391.